The number of rotatable bonds is 3. The minimum absolute atomic E-state index is 0.0383. The molecule has 1 aromatic rings. The van der Waals surface area contributed by atoms with Gasteiger partial charge in [0.1, 0.15) is 11.9 Å². The quantitative estimate of drug-likeness (QED) is 0.748. The van der Waals surface area contributed by atoms with Gasteiger partial charge in [0.05, 0.1) is 11.9 Å². The van der Waals surface area contributed by atoms with Crippen LogP contribution < -0.4 is 4.74 Å². The van der Waals surface area contributed by atoms with E-state index >= 15 is 0 Å². The van der Waals surface area contributed by atoms with Crippen molar-refractivity contribution in [2.75, 3.05) is 13.1 Å². The maximum absolute atomic E-state index is 13.5. The number of hydrogen-bond acceptors (Lipinski definition) is 5. The zero-order chi connectivity index (χ0) is 21.5. The molecule has 10 heteroatoms. The highest BCUT2D eigenvalue weighted by molar-refractivity contribution is 5.83. The van der Waals surface area contributed by atoms with E-state index in [0.717, 1.165) is 17.3 Å². The fraction of sp³-hybridized carbons (Fsp3) is 0.500. The van der Waals surface area contributed by atoms with Gasteiger partial charge in [0.25, 0.3) is 5.91 Å². The third kappa shape index (κ3) is 3.90. The number of benzene rings is 1. The zero-order valence-corrected chi connectivity index (χ0v) is 16.4. The molecule has 3 aliphatic rings. The number of fused-ring (bicyclic) bond motifs is 1. The van der Waals surface area contributed by atoms with Crippen molar-refractivity contribution in [3.63, 3.8) is 0 Å². The summed E-state index contributed by atoms with van der Waals surface area (Å²) in [6, 6.07) is 5.46. The average Bonchev–Trinajstić information content (AvgIpc) is 3.12. The van der Waals surface area contributed by atoms with E-state index in [1.165, 1.54) is 11.8 Å². The Morgan fingerprint density at radius 1 is 1.20 bits per heavy atom. The molecular weight excluding hydrogens is 401 g/mol. The van der Waals surface area contributed by atoms with E-state index in [0.29, 0.717) is 31.7 Å². The van der Waals surface area contributed by atoms with Crippen LogP contribution in [0.2, 0.25) is 0 Å². The van der Waals surface area contributed by atoms with Gasteiger partial charge in [0, 0.05) is 51.5 Å². The summed E-state index contributed by atoms with van der Waals surface area (Å²) >= 11 is 0. The predicted octanol–water partition coefficient (Wildman–Crippen LogP) is 3.40. The highest BCUT2D eigenvalue weighted by atomic mass is 19.4. The van der Waals surface area contributed by atoms with Crippen LogP contribution in [0.15, 0.2) is 40.3 Å². The summed E-state index contributed by atoms with van der Waals surface area (Å²) in [6.07, 6.45) is -2.38. The number of amides is 2. The van der Waals surface area contributed by atoms with Gasteiger partial charge in [0.2, 0.25) is 5.91 Å². The molecular formula is C20H21F3N4O3. The van der Waals surface area contributed by atoms with E-state index in [1.54, 1.807) is 11.0 Å². The summed E-state index contributed by atoms with van der Waals surface area (Å²) in [5.41, 5.74) is 1.47. The van der Waals surface area contributed by atoms with Gasteiger partial charge in [-0.1, -0.05) is 12.1 Å². The Balaban J connectivity index is 1.50. The first kappa shape index (κ1) is 20.4. The van der Waals surface area contributed by atoms with Crippen LogP contribution in [0.1, 0.15) is 30.9 Å². The molecule has 30 heavy (non-hydrogen) atoms. The first-order valence-corrected chi connectivity index (χ1v) is 9.73. The second-order valence-corrected chi connectivity index (χ2v) is 7.66. The molecule has 0 bridgehead atoms. The fourth-order valence-corrected chi connectivity index (χ4v) is 4.13. The molecule has 2 amide bonds. The smallest absolute Gasteiger partial charge is 0.406 e. The summed E-state index contributed by atoms with van der Waals surface area (Å²) < 4.78 is 46.5. The van der Waals surface area contributed by atoms with Crippen molar-refractivity contribution in [2.24, 2.45) is 16.1 Å². The summed E-state index contributed by atoms with van der Waals surface area (Å²) in [6.45, 7) is 3.21. The Hall–Kier alpha value is -2.91. The van der Waals surface area contributed by atoms with Gasteiger partial charge < -0.3 is 14.5 Å². The molecule has 1 saturated heterocycles. The van der Waals surface area contributed by atoms with Crippen LogP contribution in [-0.4, -0.2) is 47.0 Å². The lowest BCUT2D eigenvalue weighted by Gasteiger charge is -2.32. The Morgan fingerprint density at radius 3 is 2.60 bits per heavy atom. The normalized spacial score (nSPS) is 22.2. The maximum atomic E-state index is 13.5. The molecule has 3 aliphatic heterocycles. The Morgan fingerprint density at radius 2 is 1.93 bits per heavy atom. The molecule has 1 atom stereocenters. The van der Waals surface area contributed by atoms with E-state index < -0.39 is 18.0 Å². The van der Waals surface area contributed by atoms with Crippen LogP contribution in [0.4, 0.5) is 13.2 Å². The maximum Gasteiger partial charge on any atom is 0.406 e. The van der Waals surface area contributed by atoms with Crippen LogP contribution in [-0.2, 0) is 22.7 Å². The molecule has 1 aromatic carbocycles. The molecule has 160 valence electrons. The topological polar surface area (TPSA) is 74.6 Å². The summed E-state index contributed by atoms with van der Waals surface area (Å²) in [5, 5.41) is 6.53. The monoisotopic (exact) mass is 422 g/mol. The largest absolute Gasteiger partial charge is 0.490 e. The minimum Gasteiger partial charge on any atom is -0.490 e. The van der Waals surface area contributed by atoms with Crippen molar-refractivity contribution >= 4 is 11.8 Å². The van der Waals surface area contributed by atoms with Crippen LogP contribution in [0.25, 0.3) is 0 Å². The fourth-order valence-electron chi connectivity index (χ4n) is 4.13. The molecule has 0 N–H and O–H groups in total. The predicted molar refractivity (Wildman–Crippen MR) is 99.1 cm³/mol. The molecule has 0 aliphatic carbocycles. The van der Waals surface area contributed by atoms with Crippen molar-refractivity contribution < 1.29 is 27.5 Å². The van der Waals surface area contributed by atoms with Gasteiger partial charge >= 0.3 is 6.18 Å². The van der Waals surface area contributed by atoms with Gasteiger partial charge in [-0.25, -0.2) is 0 Å². The first-order chi connectivity index (χ1) is 14.2. The van der Waals surface area contributed by atoms with Crippen molar-refractivity contribution in [1.82, 2.24) is 9.80 Å². The zero-order valence-electron chi connectivity index (χ0n) is 16.4. The lowest BCUT2D eigenvalue weighted by molar-refractivity contribution is -0.177. The number of nitrogens with zero attached hydrogens (tertiary/aromatic N) is 4. The number of piperidine rings is 1. The van der Waals surface area contributed by atoms with Gasteiger partial charge in [-0.3, -0.25) is 9.59 Å². The Labute approximate surface area is 171 Å². The number of carbonyl (C=O) groups is 2. The molecule has 7 nitrogen and oxygen atoms in total. The lowest BCUT2D eigenvalue weighted by Crippen LogP contribution is -2.40. The number of hydrogen-bond donors (Lipinski definition) is 0. The standard InChI is InChI=1S/C20H21F3N4O3/c1-12(28)26-7-5-14(6-8-26)30-17-4-2-3-13-10-27(11-15(13)17)16-9-24-25-19(29)18(16)20(21,22)23/h2-4,9,14,18H,5-8,10-11H2,1H3. The lowest BCUT2D eigenvalue weighted by atomic mass is 10.0. The van der Waals surface area contributed by atoms with Crippen LogP contribution in [0.3, 0.4) is 0 Å². The van der Waals surface area contributed by atoms with Gasteiger partial charge in [-0.15, -0.1) is 5.11 Å². The molecule has 1 unspecified atom stereocenters. The third-order valence-electron chi connectivity index (χ3n) is 5.70. The minimum atomic E-state index is -4.73. The highest BCUT2D eigenvalue weighted by Crippen LogP contribution is 2.41. The molecule has 0 radical (unpaired) electrons. The molecule has 4 rings (SSSR count). The second-order valence-electron chi connectivity index (χ2n) is 7.66. The van der Waals surface area contributed by atoms with Crippen LogP contribution >= 0.6 is 0 Å². The second kappa shape index (κ2) is 7.73. The van der Waals surface area contributed by atoms with E-state index in [9.17, 15) is 22.8 Å². The SMILES string of the molecule is CC(=O)N1CCC(Oc2cccc3c2CN(C2=CN=NC(=O)C2C(F)(F)F)C3)CC1. The molecule has 1 fully saturated rings. The average molecular weight is 422 g/mol. The molecule has 0 spiro atoms. The Bertz CT molecular complexity index is 920. The number of carbonyl (C=O) groups excluding carboxylic acids is 2. The number of likely N-dealkylation sites (tertiary alicyclic amines) is 1. The summed E-state index contributed by atoms with van der Waals surface area (Å²) in [5.74, 6) is -2.94. The van der Waals surface area contributed by atoms with E-state index in [4.69, 9.17) is 4.74 Å². The molecule has 0 aromatic heterocycles. The van der Waals surface area contributed by atoms with Crippen molar-refractivity contribution in [1.29, 1.82) is 0 Å². The van der Waals surface area contributed by atoms with Gasteiger partial charge in [-0.2, -0.15) is 18.3 Å². The van der Waals surface area contributed by atoms with Gasteiger partial charge in [-0.05, 0) is 11.6 Å². The number of alkyl halides is 3. The third-order valence-corrected chi connectivity index (χ3v) is 5.70. The highest BCUT2D eigenvalue weighted by Gasteiger charge is 2.50. The first-order valence-electron chi connectivity index (χ1n) is 9.73. The van der Waals surface area contributed by atoms with Crippen LogP contribution in [0, 0.1) is 5.92 Å². The van der Waals surface area contributed by atoms with Crippen molar-refractivity contribution in [3.05, 3.63) is 41.2 Å². The summed E-state index contributed by atoms with van der Waals surface area (Å²) in [7, 11) is 0. The van der Waals surface area contributed by atoms with Crippen LogP contribution in [0.5, 0.6) is 5.75 Å². The number of ether oxygens (including phenoxy) is 1. The van der Waals surface area contributed by atoms with Gasteiger partial charge in [0.15, 0.2) is 5.92 Å². The van der Waals surface area contributed by atoms with E-state index in [2.05, 4.69) is 10.2 Å². The Kier molecular flexibility index (Phi) is 5.25. The number of azo groups is 1. The molecule has 0 saturated carbocycles. The van der Waals surface area contributed by atoms with E-state index in [1.807, 2.05) is 12.1 Å². The van der Waals surface area contributed by atoms with E-state index in [-0.39, 0.29) is 30.8 Å². The number of halogens is 3. The van der Waals surface area contributed by atoms with Crippen molar-refractivity contribution in [2.45, 2.75) is 45.1 Å². The molecule has 3 heterocycles. The summed E-state index contributed by atoms with van der Waals surface area (Å²) in [4.78, 5) is 26.5. The van der Waals surface area contributed by atoms with Crippen molar-refractivity contribution in [3.8, 4) is 5.75 Å².